The molecule has 2 rings (SSSR count). The van der Waals surface area contributed by atoms with Crippen molar-refractivity contribution in [1.82, 2.24) is 0 Å². The lowest BCUT2D eigenvalue weighted by Gasteiger charge is -2.20. The summed E-state index contributed by atoms with van der Waals surface area (Å²) in [6, 6.07) is 9.15. The molecule has 2 heteroatoms. The zero-order valence-corrected chi connectivity index (χ0v) is 11.9. The molecular formula is C17H20FN. The van der Waals surface area contributed by atoms with E-state index in [0.29, 0.717) is 0 Å². The third kappa shape index (κ3) is 2.69. The van der Waals surface area contributed by atoms with Crippen LogP contribution in [-0.2, 0) is 0 Å². The van der Waals surface area contributed by atoms with Crippen molar-refractivity contribution in [3.63, 3.8) is 0 Å². The molecule has 0 amide bonds. The first-order valence-electron chi connectivity index (χ1n) is 6.49. The Morgan fingerprint density at radius 1 is 0.895 bits per heavy atom. The molecule has 2 aromatic carbocycles. The van der Waals surface area contributed by atoms with Gasteiger partial charge < -0.3 is 5.73 Å². The van der Waals surface area contributed by atoms with Crippen molar-refractivity contribution in [1.29, 1.82) is 0 Å². The fraction of sp³-hybridized carbons (Fsp3) is 0.294. The Morgan fingerprint density at radius 3 is 2.00 bits per heavy atom. The fourth-order valence-corrected chi connectivity index (χ4v) is 2.74. The third-order valence-electron chi connectivity index (χ3n) is 3.63. The molecular weight excluding hydrogens is 237 g/mol. The van der Waals surface area contributed by atoms with Crippen LogP contribution in [0.25, 0.3) is 0 Å². The van der Waals surface area contributed by atoms with Gasteiger partial charge in [-0.1, -0.05) is 23.8 Å². The van der Waals surface area contributed by atoms with Gasteiger partial charge in [0.05, 0.1) is 6.04 Å². The summed E-state index contributed by atoms with van der Waals surface area (Å²) in [5, 5.41) is 0. The van der Waals surface area contributed by atoms with Crippen LogP contribution in [0.3, 0.4) is 0 Å². The maximum absolute atomic E-state index is 13.4. The van der Waals surface area contributed by atoms with Gasteiger partial charge in [0, 0.05) is 0 Å². The number of aryl methyl sites for hydroxylation is 4. The molecule has 0 bridgehead atoms. The van der Waals surface area contributed by atoms with Crippen molar-refractivity contribution in [3.05, 3.63) is 69.5 Å². The second-order valence-electron chi connectivity index (χ2n) is 5.29. The SMILES string of the molecule is Cc1ccc(C(N)c2c(C)cc(F)cc2C)c(C)c1. The molecule has 0 aromatic heterocycles. The molecule has 0 heterocycles. The van der Waals surface area contributed by atoms with E-state index in [4.69, 9.17) is 5.73 Å². The summed E-state index contributed by atoms with van der Waals surface area (Å²) in [4.78, 5) is 0. The van der Waals surface area contributed by atoms with Crippen LogP contribution in [-0.4, -0.2) is 0 Å². The van der Waals surface area contributed by atoms with E-state index < -0.39 is 0 Å². The highest BCUT2D eigenvalue weighted by Gasteiger charge is 2.16. The summed E-state index contributed by atoms with van der Waals surface area (Å²) >= 11 is 0. The highest BCUT2D eigenvalue weighted by atomic mass is 19.1. The van der Waals surface area contributed by atoms with Gasteiger partial charge in [0.1, 0.15) is 5.82 Å². The van der Waals surface area contributed by atoms with Crippen molar-refractivity contribution in [2.45, 2.75) is 33.7 Å². The Kier molecular flexibility index (Phi) is 3.72. The predicted molar refractivity (Wildman–Crippen MR) is 77.8 cm³/mol. The molecule has 0 spiro atoms. The summed E-state index contributed by atoms with van der Waals surface area (Å²) in [7, 11) is 0. The summed E-state index contributed by atoms with van der Waals surface area (Å²) in [5.74, 6) is -0.202. The lowest BCUT2D eigenvalue weighted by atomic mass is 9.89. The van der Waals surface area contributed by atoms with Crippen LogP contribution in [0, 0.1) is 33.5 Å². The number of nitrogens with two attached hydrogens (primary N) is 1. The Hall–Kier alpha value is -1.67. The minimum absolute atomic E-state index is 0.202. The molecule has 2 N–H and O–H groups in total. The monoisotopic (exact) mass is 257 g/mol. The van der Waals surface area contributed by atoms with E-state index in [2.05, 4.69) is 32.0 Å². The van der Waals surface area contributed by atoms with Gasteiger partial charge in [0.15, 0.2) is 0 Å². The van der Waals surface area contributed by atoms with Crippen LogP contribution in [0.15, 0.2) is 30.3 Å². The molecule has 0 aliphatic rings. The van der Waals surface area contributed by atoms with E-state index in [0.717, 1.165) is 22.3 Å². The molecule has 0 saturated carbocycles. The minimum Gasteiger partial charge on any atom is -0.320 e. The Bertz CT molecular complexity index is 594. The number of hydrogen-bond acceptors (Lipinski definition) is 1. The number of hydrogen-bond donors (Lipinski definition) is 1. The van der Waals surface area contributed by atoms with E-state index >= 15 is 0 Å². The van der Waals surface area contributed by atoms with Gasteiger partial charge in [-0.25, -0.2) is 4.39 Å². The van der Waals surface area contributed by atoms with Crippen molar-refractivity contribution >= 4 is 0 Å². The van der Waals surface area contributed by atoms with Crippen molar-refractivity contribution in [2.24, 2.45) is 5.73 Å². The van der Waals surface area contributed by atoms with Gasteiger partial charge in [-0.15, -0.1) is 0 Å². The maximum atomic E-state index is 13.4. The molecule has 1 unspecified atom stereocenters. The van der Waals surface area contributed by atoms with Crippen LogP contribution in [0.1, 0.15) is 39.4 Å². The second-order valence-corrected chi connectivity index (χ2v) is 5.29. The van der Waals surface area contributed by atoms with E-state index in [-0.39, 0.29) is 11.9 Å². The van der Waals surface area contributed by atoms with Crippen LogP contribution < -0.4 is 5.73 Å². The highest BCUT2D eigenvalue weighted by molar-refractivity contribution is 5.44. The van der Waals surface area contributed by atoms with Crippen molar-refractivity contribution < 1.29 is 4.39 Å². The quantitative estimate of drug-likeness (QED) is 0.861. The molecule has 1 nitrogen and oxygen atoms in total. The predicted octanol–water partition coefficient (Wildman–Crippen LogP) is 4.11. The number of halogens is 1. The van der Waals surface area contributed by atoms with Gasteiger partial charge in [0.25, 0.3) is 0 Å². The summed E-state index contributed by atoms with van der Waals surface area (Å²) in [6.45, 7) is 7.96. The maximum Gasteiger partial charge on any atom is 0.123 e. The van der Waals surface area contributed by atoms with Crippen LogP contribution in [0.5, 0.6) is 0 Å². The third-order valence-corrected chi connectivity index (χ3v) is 3.63. The summed E-state index contributed by atoms with van der Waals surface area (Å²) in [6.07, 6.45) is 0. The zero-order chi connectivity index (χ0) is 14.2. The van der Waals surface area contributed by atoms with Crippen LogP contribution in [0.2, 0.25) is 0 Å². The van der Waals surface area contributed by atoms with Crippen LogP contribution in [0.4, 0.5) is 4.39 Å². The molecule has 0 radical (unpaired) electrons. The standard InChI is InChI=1S/C17H20FN/c1-10-5-6-15(11(2)7-10)17(19)16-12(3)8-14(18)9-13(16)4/h5-9,17H,19H2,1-4H3. The van der Waals surface area contributed by atoms with E-state index in [1.807, 2.05) is 13.8 Å². The Balaban J connectivity index is 2.53. The van der Waals surface area contributed by atoms with E-state index in [9.17, 15) is 4.39 Å². The first kappa shape index (κ1) is 13.8. The van der Waals surface area contributed by atoms with E-state index in [1.165, 1.54) is 11.1 Å². The van der Waals surface area contributed by atoms with E-state index in [1.54, 1.807) is 12.1 Å². The smallest absolute Gasteiger partial charge is 0.123 e. The molecule has 0 saturated heterocycles. The molecule has 1 atom stereocenters. The molecule has 0 fully saturated rings. The number of benzene rings is 2. The first-order valence-corrected chi connectivity index (χ1v) is 6.49. The lowest BCUT2D eigenvalue weighted by molar-refractivity contribution is 0.623. The normalized spacial score (nSPS) is 12.5. The average Bonchev–Trinajstić information content (AvgIpc) is 2.26. The average molecular weight is 257 g/mol. The largest absolute Gasteiger partial charge is 0.320 e. The van der Waals surface area contributed by atoms with Crippen LogP contribution >= 0.6 is 0 Å². The molecule has 19 heavy (non-hydrogen) atoms. The van der Waals surface area contributed by atoms with Gasteiger partial charge in [-0.2, -0.15) is 0 Å². The van der Waals surface area contributed by atoms with Crippen molar-refractivity contribution in [3.8, 4) is 0 Å². The molecule has 100 valence electrons. The summed E-state index contributed by atoms with van der Waals surface area (Å²) in [5.41, 5.74) is 12.7. The Labute approximate surface area is 114 Å². The van der Waals surface area contributed by atoms with Gasteiger partial charge in [-0.05, 0) is 67.6 Å². The molecule has 2 aromatic rings. The summed E-state index contributed by atoms with van der Waals surface area (Å²) < 4.78 is 13.4. The van der Waals surface area contributed by atoms with Gasteiger partial charge >= 0.3 is 0 Å². The van der Waals surface area contributed by atoms with Crippen molar-refractivity contribution in [2.75, 3.05) is 0 Å². The molecule has 0 aliphatic carbocycles. The topological polar surface area (TPSA) is 26.0 Å². The Morgan fingerprint density at radius 2 is 1.47 bits per heavy atom. The first-order chi connectivity index (χ1) is 8.90. The highest BCUT2D eigenvalue weighted by Crippen LogP contribution is 2.28. The van der Waals surface area contributed by atoms with Gasteiger partial charge in [0.2, 0.25) is 0 Å². The second kappa shape index (κ2) is 5.14. The van der Waals surface area contributed by atoms with Gasteiger partial charge in [-0.3, -0.25) is 0 Å². The zero-order valence-electron chi connectivity index (χ0n) is 11.9. The fourth-order valence-electron chi connectivity index (χ4n) is 2.74. The number of rotatable bonds is 2. The minimum atomic E-state index is -0.207. The molecule has 0 aliphatic heterocycles. The lowest BCUT2D eigenvalue weighted by Crippen LogP contribution is -2.16.